The predicted molar refractivity (Wildman–Crippen MR) is 126 cm³/mol. The number of nitrogens with zero attached hydrogens (tertiary/aromatic N) is 2. The monoisotopic (exact) mass is 409 g/mol. The summed E-state index contributed by atoms with van der Waals surface area (Å²) in [4.78, 5) is 22.7. The highest BCUT2D eigenvalue weighted by Crippen LogP contribution is 2.33. The Labute approximate surface area is 182 Å². The molecule has 4 aromatic rings. The number of likely N-dealkylation sites (tertiary alicyclic amines) is 1. The molecule has 2 aromatic carbocycles. The summed E-state index contributed by atoms with van der Waals surface area (Å²) >= 11 is 0. The van der Waals surface area contributed by atoms with Crippen LogP contribution < -0.4 is 0 Å². The number of aryl methyl sites for hydroxylation is 3. The van der Waals surface area contributed by atoms with Crippen molar-refractivity contribution < 1.29 is 4.79 Å². The van der Waals surface area contributed by atoms with Gasteiger partial charge in [0.2, 0.25) is 0 Å². The van der Waals surface area contributed by atoms with Gasteiger partial charge in [-0.05, 0) is 80.6 Å². The zero-order chi connectivity index (χ0) is 21.5. The van der Waals surface area contributed by atoms with Crippen molar-refractivity contribution in [1.82, 2.24) is 14.9 Å². The van der Waals surface area contributed by atoms with Crippen LogP contribution in [0.3, 0.4) is 0 Å². The van der Waals surface area contributed by atoms with Gasteiger partial charge in [0.25, 0.3) is 5.91 Å². The van der Waals surface area contributed by atoms with Crippen molar-refractivity contribution in [1.29, 1.82) is 0 Å². The molecule has 0 aliphatic carbocycles. The van der Waals surface area contributed by atoms with E-state index in [1.165, 1.54) is 16.5 Å². The van der Waals surface area contributed by atoms with Crippen molar-refractivity contribution in [3.63, 3.8) is 0 Å². The molecule has 31 heavy (non-hydrogen) atoms. The summed E-state index contributed by atoms with van der Waals surface area (Å²) < 4.78 is 0. The normalized spacial score (nSPS) is 13.8. The molecule has 4 heteroatoms. The van der Waals surface area contributed by atoms with Crippen LogP contribution in [0.15, 0.2) is 54.6 Å². The van der Waals surface area contributed by atoms with Crippen molar-refractivity contribution in [3.8, 4) is 22.4 Å². The molecule has 1 fully saturated rings. The second kappa shape index (κ2) is 7.69. The topological polar surface area (TPSA) is 49.0 Å². The van der Waals surface area contributed by atoms with E-state index in [-0.39, 0.29) is 5.91 Å². The molecule has 0 saturated carbocycles. The molecule has 0 atom stereocenters. The van der Waals surface area contributed by atoms with Gasteiger partial charge in [-0.15, -0.1) is 0 Å². The van der Waals surface area contributed by atoms with Gasteiger partial charge in [-0.2, -0.15) is 0 Å². The number of aromatic amines is 1. The molecule has 1 amide bonds. The number of rotatable bonds is 3. The van der Waals surface area contributed by atoms with Crippen molar-refractivity contribution in [2.24, 2.45) is 0 Å². The summed E-state index contributed by atoms with van der Waals surface area (Å²) in [6.45, 7) is 7.98. The number of carbonyl (C=O) groups is 1. The third-order valence-electron chi connectivity index (χ3n) is 6.29. The zero-order valence-electron chi connectivity index (χ0n) is 18.3. The fraction of sp³-hybridized carbons (Fsp3) is 0.259. The highest BCUT2D eigenvalue weighted by atomic mass is 16.2. The Morgan fingerprint density at radius 2 is 1.48 bits per heavy atom. The van der Waals surface area contributed by atoms with E-state index >= 15 is 0 Å². The van der Waals surface area contributed by atoms with Gasteiger partial charge in [-0.1, -0.05) is 24.3 Å². The van der Waals surface area contributed by atoms with E-state index in [4.69, 9.17) is 0 Å². The largest absolute Gasteiger partial charge is 0.354 e. The molecule has 0 radical (unpaired) electrons. The first-order chi connectivity index (χ1) is 15.0. The van der Waals surface area contributed by atoms with Gasteiger partial charge in [0.15, 0.2) is 0 Å². The van der Waals surface area contributed by atoms with Gasteiger partial charge in [-0.3, -0.25) is 9.78 Å². The highest BCUT2D eigenvalue weighted by molar-refractivity contribution is 5.96. The summed E-state index contributed by atoms with van der Waals surface area (Å²) in [5.74, 6) is 0.145. The number of benzene rings is 2. The molecular formula is C27H27N3O. The second-order valence-corrected chi connectivity index (χ2v) is 8.60. The molecule has 1 N–H and O–H groups in total. The lowest BCUT2D eigenvalue weighted by Crippen LogP contribution is -2.27. The number of hydrogen-bond acceptors (Lipinski definition) is 2. The minimum atomic E-state index is 0.145. The number of fused-ring (bicyclic) bond motifs is 1. The maximum atomic E-state index is 12.6. The first-order valence-corrected chi connectivity index (χ1v) is 11.0. The summed E-state index contributed by atoms with van der Waals surface area (Å²) in [5, 5.41) is 1.23. The summed E-state index contributed by atoms with van der Waals surface area (Å²) in [5.41, 5.74) is 9.76. The minimum absolute atomic E-state index is 0.145. The Hall–Kier alpha value is -3.40. The number of H-pyrrole nitrogens is 1. The number of nitrogens with one attached hydrogen (secondary N) is 1. The quantitative estimate of drug-likeness (QED) is 0.447. The second-order valence-electron chi connectivity index (χ2n) is 8.60. The standard InChI is InChI=1S/C27H27N3O/c1-17-14-23(15-18(2)28-17)26-19(3)24-11-10-22(16-25(24)29-26)20-6-8-21(9-7-20)27(31)30-12-4-5-13-30/h6-11,14-16,29H,4-5,12-13H2,1-3H3. The van der Waals surface area contributed by atoms with Crippen LogP contribution in [0, 0.1) is 20.8 Å². The van der Waals surface area contributed by atoms with Crippen LogP contribution >= 0.6 is 0 Å². The van der Waals surface area contributed by atoms with Gasteiger partial charge in [-0.25, -0.2) is 0 Å². The third-order valence-corrected chi connectivity index (χ3v) is 6.29. The smallest absolute Gasteiger partial charge is 0.253 e. The average Bonchev–Trinajstić information content (AvgIpc) is 3.41. The molecule has 2 aromatic heterocycles. The van der Waals surface area contributed by atoms with Crippen molar-refractivity contribution >= 4 is 16.8 Å². The van der Waals surface area contributed by atoms with Gasteiger partial charge in [0, 0.05) is 52.2 Å². The van der Waals surface area contributed by atoms with E-state index in [1.807, 2.05) is 30.9 Å². The number of aromatic nitrogens is 2. The Morgan fingerprint density at radius 1 is 0.839 bits per heavy atom. The number of pyridine rings is 1. The summed E-state index contributed by atoms with van der Waals surface area (Å²) in [6.07, 6.45) is 2.22. The molecule has 5 rings (SSSR count). The molecule has 156 valence electrons. The van der Waals surface area contributed by atoms with E-state index < -0.39 is 0 Å². The molecule has 0 bridgehead atoms. The Morgan fingerprint density at radius 3 is 2.16 bits per heavy atom. The van der Waals surface area contributed by atoms with Crippen LogP contribution in [-0.2, 0) is 0 Å². The summed E-state index contributed by atoms with van der Waals surface area (Å²) in [6, 6.07) is 18.8. The van der Waals surface area contributed by atoms with Crippen molar-refractivity contribution in [2.45, 2.75) is 33.6 Å². The molecule has 3 heterocycles. The SMILES string of the molecule is Cc1cc(-c2[nH]c3cc(-c4ccc(C(=O)N5CCCC5)cc4)ccc3c2C)cc(C)n1. The van der Waals surface area contributed by atoms with Crippen molar-refractivity contribution in [2.75, 3.05) is 13.1 Å². The fourth-order valence-corrected chi connectivity index (χ4v) is 4.69. The Balaban J connectivity index is 1.48. The molecule has 1 aliphatic rings. The molecule has 0 spiro atoms. The Bertz CT molecular complexity index is 1260. The van der Waals surface area contributed by atoms with E-state index in [0.29, 0.717) is 0 Å². The molecule has 1 aliphatic heterocycles. The fourth-order valence-electron chi connectivity index (χ4n) is 4.69. The van der Waals surface area contributed by atoms with Gasteiger partial charge < -0.3 is 9.88 Å². The zero-order valence-corrected chi connectivity index (χ0v) is 18.3. The molecule has 1 saturated heterocycles. The molecule has 0 unspecified atom stereocenters. The molecular weight excluding hydrogens is 382 g/mol. The number of amides is 1. The van der Waals surface area contributed by atoms with Gasteiger partial charge in [0.05, 0.1) is 0 Å². The predicted octanol–water partition coefficient (Wildman–Crippen LogP) is 6.06. The van der Waals surface area contributed by atoms with E-state index in [2.05, 4.69) is 59.4 Å². The molecule has 4 nitrogen and oxygen atoms in total. The Kier molecular flexibility index (Phi) is 4.85. The van der Waals surface area contributed by atoms with Gasteiger partial charge in [0.1, 0.15) is 0 Å². The van der Waals surface area contributed by atoms with Gasteiger partial charge >= 0.3 is 0 Å². The van der Waals surface area contributed by atoms with Crippen LogP contribution in [0.2, 0.25) is 0 Å². The van der Waals surface area contributed by atoms with Crippen LogP contribution in [0.4, 0.5) is 0 Å². The van der Waals surface area contributed by atoms with Crippen molar-refractivity contribution in [3.05, 3.63) is 77.1 Å². The van der Waals surface area contributed by atoms with Crippen LogP contribution in [0.5, 0.6) is 0 Å². The minimum Gasteiger partial charge on any atom is -0.354 e. The number of carbonyl (C=O) groups excluding carboxylic acids is 1. The lowest BCUT2D eigenvalue weighted by Gasteiger charge is -2.15. The lowest BCUT2D eigenvalue weighted by atomic mass is 10.0. The van der Waals surface area contributed by atoms with E-state index in [9.17, 15) is 4.79 Å². The highest BCUT2D eigenvalue weighted by Gasteiger charge is 2.19. The average molecular weight is 410 g/mol. The summed E-state index contributed by atoms with van der Waals surface area (Å²) in [7, 11) is 0. The third kappa shape index (κ3) is 3.63. The maximum Gasteiger partial charge on any atom is 0.253 e. The lowest BCUT2D eigenvalue weighted by molar-refractivity contribution is 0.0793. The van der Waals surface area contributed by atoms with Crippen LogP contribution in [-0.4, -0.2) is 33.9 Å². The first kappa shape index (κ1) is 19.6. The maximum absolute atomic E-state index is 12.6. The van der Waals surface area contributed by atoms with Crippen LogP contribution in [0.25, 0.3) is 33.3 Å². The van der Waals surface area contributed by atoms with E-state index in [1.54, 1.807) is 0 Å². The van der Waals surface area contributed by atoms with Crippen LogP contribution in [0.1, 0.15) is 40.2 Å². The number of hydrogen-bond donors (Lipinski definition) is 1. The van der Waals surface area contributed by atoms with E-state index in [0.717, 1.165) is 65.2 Å². The first-order valence-electron chi connectivity index (χ1n) is 11.0.